The smallest absolute Gasteiger partial charge is 0.259 e. The maximum Gasteiger partial charge on any atom is 0.259 e. The van der Waals surface area contributed by atoms with Crippen LogP contribution in [0.25, 0.3) is 0 Å². The fourth-order valence-electron chi connectivity index (χ4n) is 4.89. The number of nitrogens with zero attached hydrogens (tertiary/aromatic N) is 5. The molecule has 0 unspecified atom stereocenters. The van der Waals surface area contributed by atoms with Crippen LogP contribution in [0.5, 0.6) is 0 Å². The van der Waals surface area contributed by atoms with Crippen LogP contribution in [0.4, 0.5) is 11.4 Å². The lowest BCUT2D eigenvalue weighted by Gasteiger charge is -2.43. The maximum atomic E-state index is 13.6. The van der Waals surface area contributed by atoms with E-state index in [2.05, 4.69) is 51.2 Å². The molecule has 1 aromatic heterocycles. The van der Waals surface area contributed by atoms with Gasteiger partial charge in [-0.25, -0.2) is 0 Å². The average molecular weight is 483 g/mol. The summed E-state index contributed by atoms with van der Waals surface area (Å²) in [6.07, 6.45) is 4.21. The van der Waals surface area contributed by atoms with Gasteiger partial charge in [-0.3, -0.25) is 24.6 Å². The lowest BCUT2D eigenvalue weighted by atomic mass is 9.75. The number of pyridine rings is 1. The van der Waals surface area contributed by atoms with Crippen LogP contribution in [0.15, 0.2) is 41.5 Å². The number of piperazine rings is 1. The average Bonchev–Trinajstić information content (AvgIpc) is 3.03. The zero-order chi connectivity index (χ0) is 23.0. The Morgan fingerprint density at radius 3 is 2.52 bits per heavy atom. The highest BCUT2D eigenvalue weighted by molar-refractivity contribution is 7.81. The Labute approximate surface area is 204 Å². The summed E-state index contributed by atoms with van der Waals surface area (Å²) in [6.45, 7) is 8.93. The van der Waals surface area contributed by atoms with Crippen molar-refractivity contribution in [3.8, 4) is 0 Å². The van der Waals surface area contributed by atoms with Gasteiger partial charge in [0.05, 0.1) is 29.1 Å². The number of halogens is 1. The predicted octanol–water partition coefficient (Wildman–Crippen LogP) is 3.40. The summed E-state index contributed by atoms with van der Waals surface area (Å²) in [6, 6.07) is 10.2. The van der Waals surface area contributed by atoms with Crippen molar-refractivity contribution in [2.24, 2.45) is 4.99 Å². The third kappa shape index (κ3) is 3.95. The van der Waals surface area contributed by atoms with E-state index in [4.69, 9.17) is 23.8 Å². The molecular weight excluding hydrogens is 456 g/mol. The molecule has 9 heteroatoms. The Bertz CT molecular complexity index is 1080. The van der Waals surface area contributed by atoms with Crippen LogP contribution in [0.2, 0.25) is 5.02 Å². The molecule has 7 nitrogen and oxygen atoms in total. The molecule has 3 aliphatic rings. The third-order valence-electron chi connectivity index (χ3n) is 6.83. The Hall–Kier alpha value is -2.39. The summed E-state index contributed by atoms with van der Waals surface area (Å²) in [5, 5.41) is 4.32. The molecule has 2 aliphatic heterocycles. The number of benzene rings is 1. The molecule has 2 saturated heterocycles. The van der Waals surface area contributed by atoms with E-state index >= 15 is 0 Å². The quantitative estimate of drug-likeness (QED) is 0.503. The van der Waals surface area contributed by atoms with Gasteiger partial charge < -0.3 is 10.2 Å². The SMILES string of the molecule is C=NCc1ncc(N2C(=O)C3(CCC3)N(c3ccc(CN4CCNCC4)cc3)C2=S)cc1Cl. The van der Waals surface area contributed by atoms with E-state index in [0.29, 0.717) is 28.1 Å². The second-order valence-electron chi connectivity index (χ2n) is 8.84. The van der Waals surface area contributed by atoms with Gasteiger partial charge in [-0.15, -0.1) is 0 Å². The Kier molecular flexibility index (Phi) is 6.18. The molecule has 1 spiro atoms. The zero-order valence-corrected chi connectivity index (χ0v) is 20.0. The maximum absolute atomic E-state index is 13.6. The molecule has 172 valence electrons. The summed E-state index contributed by atoms with van der Waals surface area (Å²) in [4.78, 5) is 28.0. The molecule has 33 heavy (non-hydrogen) atoms. The van der Waals surface area contributed by atoms with Crippen LogP contribution < -0.4 is 15.1 Å². The normalized spacial score (nSPS) is 20.4. The number of hydrogen-bond donors (Lipinski definition) is 1. The van der Waals surface area contributed by atoms with Crippen molar-refractivity contribution in [2.45, 2.75) is 37.9 Å². The van der Waals surface area contributed by atoms with Crippen molar-refractivity contribution in [3.63, 3.8) is 0 Å². The van der Waals surface area contributed by atoms with Crippen LogP contribution in [-0.4, -0.2) is 59.3 Å². The second-order valence-corrected chi connectivity index (χ2v) is 9.61. The highest BCUT2D eigenvalue weighted by atomic mass is 35.5. The van der Waals surface area contributed by atoms with Gasteiger partial charge in [0.15, 0.2) is 5.11 Å². The summed E-state index contributed by atoms with van der Waals surface area (Å²) < 4.78 is 0. The number of thiocarbonyl (C=S) groups is 1. The van der Waals surface area contributed by atoms with E-state index in [0.717, 1.165) is 57.7 Å². The summed E-state index contributed by atoms with van der Waals surface area (Å²) in [7, 11) is 0. The highest BCUT2D eigenvalue weighted by Crippen LogP contribution is 2.48. The molecule has 3 fully saturated rings. The number of amides is 1. The standard InChI is InChI=1S/C24H27ClN6OS/c1-26-15-21-20(25)13-19(14-28-21)30-22(32)24(7-2-8-24)31(23(30)33)18-5-3-17(4-6-18)16-29-11-9-27-10-12-29/h3-6,13-14,27H,1-2,7-12,15-16H2. The lowest BCUT2D eigenvalue weighted by molar-refractivity contribution is -0.123. The largest absolute Gasteiger partial charge is 0.314 e. The Morgan fingerprint density at radius 1 is 1.18 bits per heavy atom. The first kappa shape index (κ1) is 22.4. The number of nitrogens with one attached hydrogen (secondary N) is 1. The molecule has 1 aliphatic carbocycles. The fourth-order valence-corrected chi connectivity index (χ4v) is 5.58. The van der Waals surface area contributed by atoms with Crippen LogP contribution in [0.3, 0.4) is 0 Å². The first-order valence-electron chi connectivity index (χ1n) is 11.3. The molecule has 2 aromatic rings. The topological polar surface area (TPSA) is 64.1 Å². The summed E-state index contributed by atoms with van der Waals surface area (Å²) >= 11 is 12.3. The van der Waals surface area contributed by atoms with Gasteiger partial charge in [-0.2, -0.15) is 0 Å². The van der Waals surface area contributed by atoms with Gasteiger partial charge in [0.2, 0.25) is 0 Å². The van der Waals surface area contributed by atoms with E-state index in [9.17, 15) is 4.79 Å². The minimum absolute atomic E-state index is 0.00361. The first-order valence-corrected chi connectivity index (χ1v) is 12.1. The van der Waals surface area contributed by atoms with Crippen molar-refractivity contribution in [1.82, 2.24) is 15.2 Å². The molecule has 3 heterocycles. The molecule has 0 radical (unpaired) electrons. The molecule has 5 rings (SSSR count). The van der Waals surface area contributed by atoms with E-state index < -0.39 is 5.54 Å². The Morgan fingerprint density at radius 2 is 1.91 bits per heavy atom. The van der Waals surface area contributed by atoms with E-state index in [1.807, 2.05) is 4.90 Å². The third-order valence-corrected chi connectivity index (χ3v) is 7.52. The number of carbonyl (C=O) groups excluding carboxylic acids is 1. The summed E-state index contributed by atoms with van der Waals surface area (Å²) in [5.41, 5.74) is 2.81. The molecule has 1 amide bonds. The van der Waals surface area contributed by atoms with Gasteiger partial charge in [0, 0.05) is 38.4 Å². The molecule has 0 bridgehead atoms. The van der Waals surface area contributed by atoms with Crippen LogP contribution in [0.1, 0.15) is 30.5 Å². The number of aliphatic imine (C=N–C) groups is 1. The Balaban J connectivity index is 1.42. The molecule has 1 saturated carbocycles. The monoisotopic (exact) mass is 482 g/mol. The van der Waals surface area contributed by atoms with Crippen LogP contribution >= 0.6 is 23.8 Å². The number of anilines is 2. The minimum atomic E-state index is -0.620. The number of aromatic nitrogens is 1. The minimum Gasteiger partial charge on any atom is -0.314 e. The number of rotatable bonds is 6. The molecule has 1 N–H and O–H groups in total. The van der Waals surface area contributed by atoms with Gasteiger partial charge in [-0.1, -0.05) is 23.7 Å². The van der Waals surface area contributed by atoms with Crippen molar-refractivity contribution < 1.29 is 4.79 Å². The number of carbonyl (C=O) groups is 1. The van der Waals surface area contributed by atoms with Gasteiger partial charge in [0.25, 0.3) is 5.91 Å². The van der Waals surface area contributed by atoms with Crippen molar-refractivity contribution >= 4 is 52.9 Å². The van der Waals surface area contributed by atoms with Crippen LogP contribution in [0, 0.1) is 0 Å². The molecule has 1 aromatic carbocycles. The fraction of sp³-hybridized carbons (Fsp3) is 0.417. The van der Waals surface area contributed by atoms with E-state index in [1.54, 1.807) is 17.2 Å². The number of hydrogen-bond acceptors (Lipinski definition) is 6. The van der Waals surface area contributed by atoms with Crippen LogP contribution in [-0.2, 0) is 17.9 Å². The second kappa shape index (κ2) is 9.10. The van der Waals surface area contributed by atoms with E-state index in [1.165, 1.54) is 5.56 Å². The summed E-state index contributed by atoms with van der Waals surface area (Å²) in [5.74, 6) is -0.00361. The zero-order valence-electron chi connectivity index (χ0n) is 18.5. The highest BCUT2D eigenvalue weighted by Gasteiger charge is 2.59. The van der Waals surface area contributed by atoms with Gasteiger partial charge in [0.1, 0.15) is 5.54 Å². The van der Waals surface area contributed by atoms with Crippen molar-refractivity contribution in [3.05, 3.63) is 52.8 Å². The molecule has 0 atom stereocenters. The van der Waals surface area contributed by atoms with E-state index in [-0.39, 0.29) is 5.91 Å². The van der Waals surface area contributed by atoms with Gasteiger partial charge in [-0.05, 0) is 62.0 Å². The predicted molar refractivity (Wildman–Crippen MR) is 136 cm³/mol. The first-order chi connectivity index (χ1) is 16.0. The van der Waals surface area contributed by atoms with Crippen molar-refractivity contribution in [2.75, 3.05) is 36.0 Å². The van der Waals surface area contributed by atoms with Gasteiger partial charge >= 0.3 is 0 Å². The lowest BCUT2D eigenvalue weighted by Crippen LogP contribution is -2.55. The molecular formula is C24H27ClN6OS. The van der Waals surface area contributed by atoms with Crippen molar-refractivity contribution in [1.29, 1.82) is 0 Å².